The number of carbonyl (C=O) groups excluding carboxylic acids is 1. The number of hydrazine groups is 1. The van der Waals surface area contributed by atoms with Gasteiger partial charge < -0.3 is 15.6 Å². The Morgan fingerprint density at radius 3 is 2.48 bits per heavy atom. The molecule has 0 bridgehead atoms. The summed E-state index contributed by atoms with van der Waals surface area (Å²) in [5, 5.41) is 23.7. The summed E-state index contributed by atoms with van der Waals surface area (Å²) < 4.78 is 5.48. The minimum absolute atomic E-state index is 0.0489. The molecule has 3 aliphatic rings. The number of phenolic OH excluding ortho intramolecular Hbond substituents is 1. The van der Waals surface area contributed by atoms with E-state index in [0.717, 1.165) is 11.3 Å². The molecule has 0 saturated carbocycles. The van der Waals surface area contributed by atoms with Gasteiger partial charge >= 0.3 is 0 Å². The molecule has 1 atom stereocenters. The molecule has 1 saturated heterocycles. The highest BCUT2D eigenvalue weighted by atomic mass is 16.5. The first-order valence-electron chi connectivity index (χ1n) is 9.90. The number of rotatable bonds is 2. The van der Waals surface area contributed by atoms with Gasteiger partial charge in [0.05, 0.1) is 30.8 Å². The number of nitrogens with zero attached hydrogens (tertiary/aromatic N) is 3. The molecule has 1 aliphatic carbocycles. The molecule has 29 heavy (non-hydrogen) atoms. The Morgan fingerprint density at radius 2 is 1.86 bits per heavy atom. The average molecular weight is 394 g/mol. The Morgan fingerprint density at radius 1 is 1.21 bits per heavy atom. The number of aromatic hydroxyl groups is 1. The van der Waals surface area contributed by atoms with Gasteiger partial charge in [-0.15, -0.1) is 0 Å². The smallest absolute Gasteiger partial charge is 0.162 e. The highest BCUT2D eigenvalue weighted by molar-refractivity contribution is 6.00. The van der Waals surface area contributed by atoms with Crippen LogP contribution in [0.5, 0.6) is 5.75 Å². The van der Waals surface area contributed by atoms with Crippen LogP contribution in [0, 0.1) is 16.7 Å². The molecule has 7 nitrogen and oxygen atoms in total. The number of hydrogen-bond donors (Lipinski definition) is 2. The van der Waals surface area contributed by atoms with Crippen LogP contribution in [0.15, 0.2) is 46.9 Å². The Balaban J connectivity index is 1.91. The van der Waals surface area contributed by atoms with Crippen molar-refractivity contribution in [1.82, 2.24) is 10.0 Å². The molecule has 2 heterocycles. The molecule has 1 aromatic rings. The zero-order valence-corrected chi connectivity index (χ0v) is 16.8. The first-order chi connectivity index (χ1) is 13.8. The van der Waals surface area contributed by atoms with Crippen molar-refractivity contribution in [2.24, 2.45) is 11.1 Å². The lowest BCUT2D eigenvalue weighted by Crippen LogP contribution is -2.53. The minimum Gasteiger partial charge on any atom is -0.508 e. The number of ether oxygens (including phenoxy) is 1. The number of ketones is 1. The normalized spacial score (nSPS) is 25.1. The van der Waals surface area contributed by atoms with E-state index in [4.69, 9.17) is 10.5 Å². The SMILES string of the molecule is CC1(C)CC(=O)C2=C(C1)N(N1CCOCC1)C(N)=C(C#N)C2c1ccc(O)cc1. The summed E-state index contributed by atoms with van der Waals surface area (Å²) >= 11 is 0. The molecular weight excluding hydrogens is 368 g/mol. The van der Waals surface area contributed by atoms with Crippen LogP contribution in [0.25, 0.3) is 0 Å². The fourth-order valence-corrected chi connectivity index (χ4v) is 4.57. The number of hydrogen-bond acceptors (Lipinski definition) is 7. The van der Waals surface area contributed by atoms with E-state index in [0.29, 0.717) is 56.1 Å². The van der Waals surface area contributed by atoms with Crippen LogP contribution in [-0.2, 0) is 9.53 Å². The molecule has 1 unspecified atom stereocenters. The summed E-state index contributed by atoms with van der Waals surface area (Å²) in [6.07, 6.45) is 1.12. The zero-order chi connectivity index (χ0) is 20.8. The van der Waals surface area contributed by atoms with Gasteiger partial charge in [-0.2, -0.15) is 5.26 Å². The lowest BCUT2D eigenvalue weighted by atomic mass is 9.69. The van der Waals surface area contributed by atoms with Crippen molar-refractivity contribution < 1.29 is 14.6 Å². The van der Waals surface area contributed by atoms with Crippen LogP contribution >= 0.6 is 0 Å². The second-order valence-electron chi connectivity index (χ2n) is 8.61. The van der Waals surface area contributed by atoms with E-state index < -0.39 is 5.92 Å². The lowest BCUT2D eigenvalue weighted by molar-refractivity contribution is -0.119. The van der Waals surface area contributed by atoms with Crippen LogP contribution in [0.3, 0.4) is 0 Å². The maximum Gasteiger partial charge on any atom is 0.162 e. The maximum absolute atomic E-state index is 13.3. The summed E-state index contributed by atoms with van der Waals surface area (Å²) in [6.45, 7) is 6.62. The fourth-order valence-electron chi connectivity index (χ4n) is 4.57. The molecule has 1 fully saturated rings. The van der Waals surface area contributed by atoms with E-state index >= 15 is 0 Å². The van der Waals surface area contributed by atoms with Gasteiger partial charge in [0, 0.05) is 30.8 Å². The van der Waals surface area contributed by atoms with Gasteiger partial charge in [-0.3, -0.25) is 9.80 Å². The molecule has 2 aliphatic heterocycles. The number of nitrogens with two attached hydrogens (primary N) is 1. The van der Waals surface area contributed by atoms with Crippen LogP contribution in [-0.4, -0.2) is 47.2 Å². The number of nitriles is 1. The number of allylic oxidation sites excluding steroid dienone is 3. The third-order valence-electron chi connectivity index (χ3n) is 5.85. The number of Topliss-reactive ketones (excluding diaryl/α,β-unsaturated/α-hetero) is 1. The van der Waals surface area contributed by atoms with Crippen LogP contribution in [0.4, 0.5) is 0 Å². The lowest BCUT2D eigenvalue weighted by Gasteiger charge is -2.48. The molecule has 0 radical (unpaired) electrons. The number of benzene rings is 1. The molecule has 1 aromatic carbocycles. The van der Waals surface area contributed by atoms with Crippen molar-refractivity contribution in [3.8, 4) is 11.8 Å². The molecule has 4 rings (SSSR count). The Bertz CT molecular complexity index is 934. The zero-order valence-electron chi connectivity index (χ0n) is 16.8. The van der Waals surface area contributed by atoms with Crippen molar-refractivity contribution in [3.05, 3.63) is 52.5 Å². The summed E-state index contributed by atoms with van der Waals surface area (Å²) in [5.74, 6) is 0.0429. The monoisotopic (exact) mass is 394 g/mol. The largest absolute Gasteiger partial charge is 0.508 e. The third kappa shape index (κ3) is 3.39. The summed E-state index contributed by atoms with van der Waals surface area (Å²) in [7, 11) is 0. The summed E-state index contributed by atoms with van der Waals surface area (Å²) in [4.78, 5) is 13.3. The molecule has 0 aromatic heterocycles. The highest BCUT2D eigenvalue weighted by Crippen LogP contribution is 2.49. The Hall–Kier alpha value is -2.82. The van der Waals surface area contributed by atoms with E-state index in [9.17, 15) is 15.2 Å². The molecular formula is C22H26N4O3. The third-order valence-corrected chi connectivity index (χ3v) is 5.85. The summed E-state index contributed by atoms with van der Waals surface area (Å²) in [5.41, 5.74) is 9.05. The van der Waals surface area contributed by atoms with Crippen molar-refractivity contribution in [2.75, 3.05) is 26.3 Å². The van der Waals surface area contributed by atoms with E-state index in [1.807, 2.05) is 5.01 Å². The highest BCUT2D eigenvalue weighted by Gasteiger charge is 2.45. The minimum atomic E-state index is -0.517. The van der Waals surface area contributed by atoms with E-state index in [-0.39, 0.29) is 16.9 Å². The van der Waals surface area contributed by atoms with Crippen LogP contribution < -0.4 is 5.73 Å². The molecule has 152 valence electrons. The predicted octanol–water partition coefficient (Wildman–Crippen LogP) is 2.38. The standard InChI is InChI=1S/C22H26N4O3/c1-22(2)11-17-20(18(28)12-22)19(14-3-5-15(27)6-4-14)16(13-23)21(24)26(17)25-7-9-29-10-8-25/h3-6,19,27H,7-12,24H2,1-2H3. The van der Waals surface area contributed by atoms with Gasteiger partial charge in [-0.25, -0.2) is 5.01 Å². The second-order valence-corrected chi connectivity index (χ2v) is 8.61. The van der Waals surface area contributed by atoms with Crippen LogP contribution in [0.2, 0.25) is 0 Å². The van der Waals surface area contributed by atoms with Gasteiger partial charge in [0.15, 0.2) is 5.78 Å². The van der Waals surface area contributed by atoms with Crippen molar-refractivity contribution >= 4 is 5.78 Å². The van der Waals surface area contributed by atoms with Gasteiger partial charge in [0.2, 0.25) is 0 Å². The number of morpholine rings is 1. The average Bonchev–Trinajstić information content (AvgIpc) is 2.67. The molecule has 0 amide bonds. The van der Waals surface area contributed by atoms with E-state index in [1.54, 1.807) is 24.3 Å². The van der Waals surface area contributed by atoms with Crippen LogP contribution in [0.1, 0.15) is 38.2 Å². The Kier molecular flexibility index (Phi) is 4.85. The first kappa shape index (κ1) is 19.5. The molecule has 0 spiro atoms. The van der Waals surface area contributed by atoms with Gasteiger partial charge in [0.25, 0.3) is 0 Å². The number of phenols is 1. The van der Waals surface area contributed by atoms with E-state index in [1.165, 1.54) is 0 Å². The maximum atomic E-state index is 13.3. The second kappa shape index (κ2) is 7.21. The van der Waals surface area contributed by atoms with E-state index in [2.05, 4.69) is 24.9 Å². The predicted molar refractivity (Wildman–Crippen MR) is 107 cm³/mol. The van der Waals surface area contributed by atoms with Gasteiger partial charge in [-0.05, 0) is 29.5 Å². The van der Waals surface area contributed by atoms with Crippen molar-refractivity contribution in [2.45, 2.75) is 32.6 Å². The molecule has 3 N–H and O–H groups in total. The topological polar surface area (TPSA) is 103 Å². The molecule has 7 heteroatoms. The first-order valence-corrected chi connectivity index (χ1v) is 9.90. The summed E-state index contributed by atoms with van der Waals surface area (Å²) in [6, 6.07) is 8.93. The van der Waals surface area contributed by atoms with Crippen molar-refractivity contribution in [3.63, 3.8) is 0 Å². The fraction of sp³-hybridized carbons (Fsp3) is 0.455. The quantitative estimate of drug-likeness (QED) is 0.794. The van der Waals surface area contributed by atoms with Gasteiger partial charge in [-0.1, -0.05) is 26.0 Å². The Labute approximate surface area is 170 Å². The van der Waals surface area contributed by atoms with Crippen molar-refractivity contribution in [1.29, 1.82) is 5.26 Å². The number of carbonyl (C=O) groups is 1. The van der Waals surface area contributed by atoms with Gasteiger partial charge in [0.1, 0.15) is 11.6 Å².